The molecule has 0 aromatic heterocycles. The minimum absolute atomic E-state index is 0.147. The van der Waals surface area contributed by atoms with Crippen molar-refractivity contribution in [1.29, 1.82) is 0 Å². The van der Waals surface area contributed by atoms with Crippen molar-refractivity contribution < 1.29 is 18.9 Å². The molecule has 0 unspecified atom stereocenters. The average Bonchev–Trinajstić information content (AvgIpc) is 2.78. The third-order valence-electron chi connectivity index (χ3n) is 6.72. The van der Waals surface area contributed by atoms with Crippen molar-refractivity contribution in [2.75, 3.05) is 26.1 Å². The molecule has 0 bridgehead atoms. The number of methoxy groups -OCH3 is 1. The van der Waals surface area contributed by atoms with Crippen LogP contribution in [0.1, 0.15) is 51.4 Å². The van der Waals surface area contributed by atoms with Gasteiger partial charge in [0.05, 0.1) is 13.2 Å². The van der Waals surface area contributed by atoms with Crippen LogP contribution < -0.4 is 14.9 Å². The zero-order chi connectivity index (χ0) is 23.5. The Balaban J connectivity index is 2.02. The van der Waals surface area contributed by atoms with Crippen molar-refractivity contribution >= 4 is 18.4 Å². The summed E-state index contributed by atoms with van der Waals surface area (Å²) in [5.41, 5.74) is 1.57. The summed E-state index contributed by atoms with van der Waals surface area (Å²) in [7, 11) is 1.90. The number of aliphatic hydroxyl groups excluding tert-OH is 1. The van der Waals surface area contributed by atoms with Gasteiger partial charge in [-0.25, -0.2) is 0 Å². The maximum Gasteiger partial charge on any atom is 0.264 e. The summed E-state index contributed by atoms with van der Waals surface area (Å²) in [4.78, 5) is 1.99. The van der Waals surface area contributed by atoms with Crippen LogP contribution in [0, 0.1) is 17.8 Å². The van der Waals surface area contributed by atoms with E-state index < -0.39 is 13.2 Å². The van der Waals surface area contributed by atoms with E-state index in [9.17, 15) is 9.67 Å². The van der Waals surface area contributed by atoms with Gasteiger partial charge in [0.15, 0.2) is 5.85 Å². The third kappa shape index (κ3) is 5.39. The molecular weight excluding hydrogens is 421 g/mol. The van der Waals surface area contributed by atoms with E-state index in [0.29, 0.717) is 34.4 Å². The van der Waals surface area contributed by atoms with Crippen LogP contribution in [0.25, 0.3) is 0 Å². The maximum absolute atomic E-state index is 14.6. The SMILES string of the molecule is COc1ccc([C@H](O)[P@@](=O)(O[C@@H]2C[C@@H](C)CC[C@@H]2C(C)C)c2ccc(N(C)C)cc2)cc1. The monoisotopic (exact) mass is 459 g/mol. The Labute approximate surface area is 193 Å². The molecule has 2 aromatic rings. The molecule has 176 valence electrons. The van der Waals surface area contributed by atoms with E-state index >= 15 is 0 Å². The van der Waals surface area contributed by atoms with E-state index in [1.807, 2.05) is 43.3 Å². The molecule has 0 aliphatic heterocycles. The molecule has 2 aromatic carbocycles. The number of hydrogen-bond donors (Lipinski definition) is 1. The number of anilines is 1. The van der Waals surface area contributed by atoms with Gasteiger partial charge in [0.1, 0.15) is 5.75 Å². The summed E-state index contributed by atoms with van der Waals surface area (Å²) in [5, 5.41) is 12.0. The quantitative estimate of drug-likeness (QED) is 0.503. The molecule has 32 heavy (non-hydrogen) atoms. The van der Waals surface area contributed by atoms with Crippen LogP contribution in [0.5, 0.6) is 5.75 Å². The predicted molar refractivity (Wildman–Crippen MR) is 132 cm³/mol. The largest absolute Gasteiger partial charge is 0.497 e. The summed E-state index contributed by atoms with van der Waals surface area (Å²) >= 11 is 0. The van der Waals surface area contributed by atoms with Crippen LogP contribution in [0.2, 0.25) is 0 Å². The molecule has 0 amide bonds. The van der Waals surface area contributed by atoms with Crippen LogP contribution >= 0.6 is 7.37 Å². The Hall–Kier alpha value is -1.81. The van der Waals surface area contributed by atoms with Crippen molar-refractivity contribution in [2.24, 2.45) is 17.8 Å². The number of ether oxygens (including phenoxy) is 1. The highest BCUT2D eigenvalue weighted by atomic mass is 31.2. The van der Waals surface area contributed by atoms with Crippen molar-refractivity contribution in [3.63, 3.8) is 0 Å². The van der Waals surface area contributed by atoms with Crippen molar-refractivity contribution in [3.8, 4) is 5.75 Å². The lowest BCUT2D eigenvalue weighted by Gasteiger charge is -2.40. The minimum Gasteiger partial charge on any atom is -0.497 e. The second-order valence-electron chi connectivity index (χ2n) is 9.62. The average molecular weight is 460 g/mol. The number of aliphatic hydroxyl groups is 1. The van der Waals surface area contributed by atoms with Crippen molar-refractivity contribution in [3.05, 3.63) is 54.1 Å². The fraction of sp³-hybridized carbons (Fsp3) is 0.538. The number of benzene rings is 2. The lowest BCUT2D eigenvalue weighted by molar-refractivity contribution is 0.0427. The second-order valence-corrected chi connectivity index (χ2v) is 12.0. The first-order chi connectivity index (χ1) is 15.2. The Kier molecular flexibility index (Phi) is 8.08. The molecule has 0 spiro atoms. The Morgan fingerprint density at radius 2 is 1.66 bits per heavy atom. The molecule has 6 heteroatoms. The van der Waals surface area contributed by atoms with Gasteiger partial charge < -0.3 is 19.3 Å². The molecule has 3 rings (SSSR count). The van der Waals surface area contributed by atoms with E-state index in [2.05, 4.69) is 20.8 Å². The third-order valence-corrected chi connectivity index (χ3v) is 9.26. The smallest absolute Gasteiger partial charge is 0.264 e. The van der Waals surface area contributed by atoms with Crippen molar-refractivity contribution in [2.45, 2.75) is 52.0 Å². The van der Waals surface area contributed by atoms with Crippen LogP contribution in [0.4, 0.5) is 5.69 Å². The van der Waals surface area contributed by atoms with Crippen molar-refractivity contribution in [1.82, 2.24) is 0 Å². The summed E-state index contributed by atoms with van der Waals surface area (Å²) < 4.78 is 26.4. The van der Waals surface area contributed by atoms with Gasteiger partial charge in [-0.15, -0.1) is 0 Å². The number of hydrogen-bond acceptors (Lipinski definition) is 5. The van der Waals surface area contributed by atoms with Gasteiger partial charge in [-0.1, -0.05) is 39.3 Å². The van der Waals surface area contributed by atoms with E-state index in [1.54, 1.807) is 31.4 Å². The van der Waals surface area contributed by atoms with Gasteiger partial charge in [0.25, 0.3) is 7.37 Å². The predicted octanol–water partition coefficient (Wildman–Crippen LogP) is 5.83. The first-order valence-corrected chi connectivity index (χ1v) is 13.2. The number of nitrogens with zero attached hydrogens (tertiary/aromatic N) is 1. The molecule has 1 saturated carbocycles. The Morgan fingerprint density at radius 3 is 2.19 bits per heavy atom. The molecule has 1 aliphatic carbocycles. The van der Waals surface area contributed by atoms with E-state index in [1.165, 1.54) is 0 Å². The molecule has 1 fully saturated rings. The molecule has 5 atom stereocenters. The highest BCUT2D eigenvalue weighted by molar-refractivity contribution is 7.67. The molecule has 1 aliphatic rings. The standard InChI is InChI=1S/C26H38NO4P/c1-18(2)24-16-7-19(3)17-25(24)31-32(29,23-14-10-21(11-15-23)27(4)5)26(28)20-8-12-22(30-6)13-9-20/h8-15,18-19,24-26,28H,7,16-17H2,1-6H3/t19-,24+,25+,26+,32-/m0/s1. The van der Waals surface area contributed by atoms with Gasteiger partial charge in [0, 0.05) is 25.1 Å². The summed E-state index contributed by atoms with van der Waals surface area (Å²) in [5.74, 6) is 0.702. The first-order valence-electron chi connectivity index (χ1n) is 11.5. The number of rotatable bonds is 8. The molecule has 0 radical (unpaired) electrons. The fourth-order valence-corrected chi connectivity index (χ4v) is 6.92. The highest BCUT2D eigenvalue weighted by Gasteiger charge is 2.42. The second kappa shape index (κ2) is 10.4. The van der Waals surface area contributed by atoms with Gasteiger partial charge in [-0.3, -0.25) is 4.57 Å². The first kappa shape index (κ1) is 24.8. The van der Waals surface area contributed by atoms with Gasteiger partial charge in [-0.05, 0) is 72.6 Å². The zero-order valence-electron chi connectivity index (χ0n) is 20.2. The maximum atomic E-state index is 14.6. The fourth-order valence-electron chi connectivity index (χ4n) is 4.63. The molecule has 0 saturated heterocycles. The van der Waals surface area contributed by atoms with Crippen LogP contribution in [0.3, 0.4) is 0 Å². The lowest BCUT2D eigenvalue weighted by atomic mass is 9.75. The highest BCUT2D eigenvalue weighted by Crippen LogP contribution is 2.60. The summed E-state index contributed by atoms with van der Waals surface area (Å²) in [6.07, 6.45) is 2.93. The zero-order valence-corrected chi connectivity index (χ0v) is 21.1. The Morgan fingerprint density at radius 1 is 1.03 bits per heavy atom. The van der Waals surface area contributed by atoms with E-state index in [-0.39, 0.29) is 6.10 Å². The molecule has 0 heterocycles. The lowest BCUT2D eigenvalue weighted by Crippen LogP contribution is -2.35. The molecule has 5 nitrogen and oxygen atoms in total. The van der Waals surface area contributed by atoms with Crippen LogP contribution in [-0.4, -0.2) is 32.4 Å². The summed E-state index contributed by atoms with van der Waals surface area (Å²) in [6, 6.07) is 14.6. The van der Waals surface area contributed by atoms with E-state index in [0.717, 1.165) is 24.9 Å². The molecular formula is C26H38NO4P. The minimum atomic E-state index is -3.63. The Bertz CT molecular complexity index is 910. The van der Waals surface area contributed by atoms with E-state index in [4.69, 9.17) is 9.26 Å². The summed E-state index contributed by atoms with van der Waals surface area (Å²) in [6.45, 7) is 6.63. The van der Waals surface area contributed by atoms with Crippen LogP contribution in [0.15, 0.2) is 48.5 Å². The van der Waals surface area contributed by atoms with Gasteiger partial charge >= 0.3 is 0 Å². The molecule has 1 N–H and O–H groups in total. The normalized spacial score (nSPS) is 24.1. The van der Waals surface area contributed by atoms with Gasteiger partial charge in [0.2, 0.25) is 0 Å². The topological polar surface area (TPSA) is 59.0 Å². The van der Waals surface area contributed by atoms with Gasteiger partial charge in [-0.2, -0.15) is 0 Å². The van der Waals surface area contributed by atoms with Crippen LogP contribution in [-0.2, 0) is 9.09 Å².